The zero-order valence-corrected chi connectivity index (χ0v) is 16.8. The summed E-state index contributed by atoms with van der Waals surface area (Å²) in [5.41, 5.74) is 0.193. The number of carbonyl (C=O) groups excluding carboxylic acids is 1. The molecule has 8 nitrogen and oxygen atoms in total. The number of ether oxygens (including phenoxy) is 3. The molecule has 0 radical (unpaired) electrons. The quantitative estimate of drug-likeness (QED) is 0.514. The van der Waals surface area contributed by atoms with Crippen molar-refractivity contribution in [1.82, 2.24) is 4.98 Å². The molecule has 0 spiro atoms. The predicted molar refractivity (Wildman–Crippen MR) is 106 cm³/mol. The molecule has 2 N–H and O–H groups in total. The van der Waals surface area contributed by atoms with Crippen LogP contribution in [0.2, 0.25) is 0 Å². The minimum atomic E-state index is -0.753. The molecule has 0 saturated heterocycles. The molecule has 0 saturated carbocycles. The van der Waals surface area contributed by atoms with Crippen LogP contribution in [0.25, 0.3) is 0 Å². The van der Waals surface area contributed by atoms with Crippen molar-refractivity contribution < 1.29 is 24.1 Å². The first-order chi connectivity index (χ1) is 13.0. The normalized spacial score (nSPS) is 19.1. The Morgan fingerprint density at radius 1 is 1.30 bits per heavy atom. The number of aromatic nitrogens is 1. The van der Waals surface area contributed by atoms with Crippen molar-refractivity contribution in [3.05, 3.63) is 18.0 Å². The van der Waals surface area contributed by atoms with E-state index in [1.807, 2.05) is 0 Å². The number of nitrogens with zero attached hydrogens (tertiary/aromatic N) is 2. The van der Waals surface area contributed by atoms with E-state index in [-0.39, 0.29) is 11.5 Å². The first-order valence-electron chi connectivity index (χ1n) is 8.78. The Hall–Kier alpha value is -1.68. The van der Waals surface area contributed by atoms with Crippen LogP contribution in [-0.4, -0.2) is 78.9 Å². The molecule has 0 unspecified atom stereocenters. The lowest BCUT2D eigenvalue weighted by molar-refractivity contribution is -0.120. The third-order valence-electron chi connectivity index (χ3n) is 4.09. The predicted octanol–water partition coefficient (Wildman–Crippen LogP) is 1.72. The Kier molecular flexibility index (Phi) is 8.49. The number of pyridine rings is 1. The van der Waals surface area contributed by atoms with Crippen molar-refractivity contribution in [2.45, 2.75) is 19.4 Å². The molecule has 0 aromatic carbocycles. The zero-order chi connectivity index (χ0) is 19.7. The topological polar surface area (TPSA) is 102 Å². The van der Waals surface area contributed by atoms with Gasteiger partial charge in [0.1, 0.15) is 16.3 Å². The van der Waals surface area contributed by atoms with Crippen LogP contribution in [-0.2, 0) is 19.0 Å². The third-order valence-corrected chi connectivity index (χ3v) is 5.35. The summed E-state index contributed by atoms with van der Waals surface area (Å²) in [6.07, 6.45) is 1.61. The van der Waals surface area contributed by atoms with Gasteiger partial charge in [0.2, 0.25) is 0 Å². The number of hydrogen-bond acceptors (Lipinski definition) is 9. The van der Waals surface area contributed by atoms with Crippen LogP contribution >= 0.6 is 11.8 Å². The molecule has 0 fully saturated rings. The van der Waals surface area contributed by atoms with Crippen molar-refractivity contribution in [1.29, 1.82) is 0 Å². The lowest BCUT2D eigenvalue weighted by Crippen LogP contribution is -2.31. The van der Waals surface area contributed by atoms with E-state index in [2.05, 4.69) is 15.3 Å². The van der Waals surface area contributed by atoms with Gasteiger partial charge in [0.25, 0.3) is 0 Å². The summed E-state index contributed by atoms with van der Waals surface area (Å²) in [4.78, 5) is 20.5. The van der Waals surface area contributed by atoms with Crippen LogP contribution in [0.5, 0.6) is 5.75 Å². The van der Waals surface area contributed by atoms with Crippen LogP contribution in [0, 0.1) is 0 Å². The molecule has 27 heavy (non-hydrogen) atoms. The second-order valence-electron chi connectivity index (χ2n) is 6.24. The van der Waals surface area contributed by atoms with Gasteiger partial charge < -0.3 is 24.6 Å². The van der Waals surface area contributed by atoms with E-state index < -0.39 is 5.54 Å². The Labute approximate surface area is 163 Å². The summed E-state index contributed by atoms with van der Waals surface area (Å²) < 4.78 is 15.7. The molecule has 9 heteroatoms. The van der Waals surface area contributed by atoms with Gasteiger partial charge in [-0.25, -0.2) is 4.98 Å². The molecule has 1 aliphatic rings. The van der Waals surface area contributed by atoms with Gasteiger partial charge in [-0.15, -0.1) is 11.8 Å². The number of ketones is 1. The number of thioether (sulfide) groups is 1. The van der Waals surface area contributed by atoms with E-state index in [0.29, 0.717) is 61.8 Å². The second kappa shape index (κ2) is 10.6. The van der Waals surface area contributed by atoms with Gasteiger partial charge in [0.05, 0.1) is 38.7 Å². The number of aliphatic imine (C=N–C) groups is 1. The standard InChI is InChI=1S/C18H27N3O5S/c1-13(22)18(2)12-27-17(21-18)15-16(23)14(4-5-20-15)19-6-7-25-10-11-26-9-8-24-3/h4-5,23H,6-12H2,1-3H3,(H,19,20)/t18-/m1/s1. The molecule has 1 aliphatic heterocycles. The molecule has 0 aliphatic carbocycles. The molecule has 1 aromatic heterocycles. The minimum absolute atomic E-state index is 0.00196. The molecular formula is C18H27N3O5S. The van der Waals surface area contributed by atoms with Crippen molar-refractivity contribution in [2.24, 2.45) is 4.99 Å². The molecule has 150 valence electrons. The number of carbonyl (C=O) groups is 1. The van der Waals surface area contributed by atoms with Gasteiger partial charge in [-0.1, -0.05) is 0 Å². The van der Waals surface area contributed by atoms with E-state index in [1.54, 1.807) is 26.3 Å². The highest BCUT2D eigenvalue weighted by Gasteiger charge is 2.36. The first-order valence-corrected chi connectivity index (χ1v) is 9.77. The Bertz CT molecular complexity index is 670. The fourth-order valence-electron chi connectivity index (χ4n) is 2.27. The summed E-state index contributed by atoms with van der Waals surface area (Å²) in [7, 11) is 1.63. The van der Waals surface area contributed by atoms with E-state index in [4.69, 9.17) is 14.2 Å². The highest BCUT2D eigenvalue weighted by molar-refractivity contribution is 8.14. The van der Waals surface area contributed by atoms with E-state index >= 15 is 0 Å². The van der Waals surface area contributed by atoms with Crippen LogP contribution < -0.4 is 5.32 Å². The van der Waals surface area contributed by atoms with Gasteiger partial charge in [0.15, 0.2) is 11.5 Å². The van der Waals surface area contributed by atoms with Crippen molar-refractivity contribution >= 4 is 28.3 Å². The van der Waals surface area contributed by atoms with Gasteiger partial charge in [0, 0.05) is 25.6 Å². The van der Waals surface area contributed by atoms with Gasteiger partial charge >= 0.3 is 0 Å². The average Bonchev–Trinajstić information content (AvgIpc) is 3.05. The van der Waals surface area contributed by atoms with E-state index in [9.17, 15) is 9.90 Å². The smallest absolute Gasteiger partial charge is 0.167 e. The monoisotopic (exact) mass is 397 g/mol. The summed E-state index contributed by atoms with van der Waals surface area (Å²) in [6.45, 7) is 6.46. The van der Waals surface area contributed by atoms with Crippen molar-refractivity contribution in [2.75, 3.05) is 57.8 Å². The first kappa shape index (κ1) is 21.6. The molecule has 1 atom stereocenters. The molecular weight excluding hydrogens is 370 g/mol. The number of aromatic hydroxyl groups is 1. The largest absolute Gasteiger partial charge is 0.504 e. The van der Waals surface area contributed by atoms with Gasteiger partial charge in [-0.2, -0.15) is 0 Å². The van der Waals surface area contributed by atoms with Crippen LogP contribution in [0.1, 0.15) is 19.5 Å². The van der Waals surface area contributed by atoms with Crippen molar-refractivity contribution in [3.8, 4) is 5.75 Å². The molecule has 0 bridgehead atoms. The Morgan fingerprint density at radius 3 is 2.67 bits per heavy atom. The van der Waals surface area contributed by atoms with E-state index in [0.717, 1.165) is 0 Å². The maximum Gasteiger partial charge on any atom is 0.167 e. The average molecular weight is 397 g/mol. The number of nitrogens with one attached hydrogen (secondary N) is 1. The number of Topliss-reactive ketones (excluding diaryl/α,β-unsaturated/α-hetero) is 1. The maximum atomic E-state index is 11.8. The molecule has 2 heterocycles. The van der Waals surface area contributed by atoms with Gasteiger partial charge in [-0.05, 0) is 19.9 Å². The summed E-state index contributed by atoms with van der Waals surface area (Å²) in [6, 6.07) is 1.69. The number of hydrogen-bond donors (Lipinski definition) is 2. The highest BCUT2D eigenvalue weighted by Crippen LogP contribution is 2.35. The molecule has 0 amide bonds. The highest BCUT2D eigenvalue weighted by atomic mass is 32.2. The Morgan fingerprint density at radius 2 is 2.00 bits per heavy atom. The zero-order valence-electron chi connectivity index (χ0n) is 16.0. The number of anilines is 1. The van der Waals surface area contributed by atoms with Crippen molar-refractivity contribution in [3.63, 3.8) is 0 Å². The third kappa shape index (κ3) is 6.17. The lowest BCUT2D eigenvalue weighted by Gasteiger charge is -2.14. The van der Waals surface area contributed by atoms with Crippen LogP contribution in [0.3, 0.4) is 0 Å². The van der Waals surface area contributed by atoms with E-state index in [1.165, 1.54) is 18.7 Å². The molecule has 1 aromatic rings. The lowest BCUT2D eigenvalue weighted by atomic mass is 10.0. The van der Waals surface area contributed by atoms with Crippen LogP contribution in [0.15, 0.2) is 17.3 Å². The number of rotatable bonds is 12. The van der Waals surface area contributed by atoms with Gasteiger partial charge in [-0.3, -0.25) is 9.79 Å². The minimum Gasteiger partial charge on any atom is -0.504 e. The number of methoxy groups -OCH3 is 1. The molecule has 2 rings (SSSR count). The fourth-order valence-corrected chi connectivity index (χ4v) is 3.51. The summed E-state index contributed by atoms with van der Waals surface area (Å²) in [5, 5.41) is 14.2. The summed E-state index contributed by atoms with van der Waals surface area (Å²) >= 11 is 1.43. The SMILES string of the molecule is COCCOCCOCCNc1ccnc(C2=N[C@@](C)(C(C)=O)CS2)c1O. The maximum absolute atomic E-state index is 11.8. The summed E-state index contributed by atoms with van der Waals surface area (Å²) in [5.74, 6) is 0.582. The van der Waals surface area contributed by atoms with Crippen LogP contribution in [0.4, 0.5) is 5.69 Å². The Balaban J connectivity index is 1.83. The fraction of sp³-hybridized carbons (Fsp3) is 0.611. The second-order valence-corrected chi connectivity index (χ2v) is 7.20.